The number of nitrogens with zero attached hydrogens (tertiary/aromatic N) is 3. The third kappa shape index (κ3) is 3.64. The third-order valence-electron chi connectivity index (χ3n) is 4.22. The van der Waals surface area contributed by atoms with E-state index in [0.717, 1.165) is 16.9 Å². The van der Waals surface area contributed by atoms with Crippen LogP contribution in [0.15, 0.2) is 77.5 Å². The van der Waals surface area contributed by atoms with Gasteiger partial charge in [-0.3, -0.25) is 4.79 Å². The molecule has 0 fully saturated rings. The minimum absolute atomic E-state index is 0.255. The minimum atomic E-state index is -0.355. The van der Waals surface area contributed by atoms with Gasteiger partial charge in [0.25, 0.3) is 0 Å². The summed E-state index contributed by atoms with van der Waals surface area (Å²) in [6.45, 7) is 0. The second-order valence-corrected chi connectivity index (χ2v) is 6.10. The summed E-state index contributed by atoms with van der Waals surface area (Å²) >= 11 is 0. The Balaban J connectivity index is 1.55. The van der Waals surface area contributed by atoms with Crippen LogP contribution in [-0.2, 0) is 11.8 Å². The Labute approximate surface area is 156 Å². The van der Waals surface area contributed by atoms with E-state index in [2.05, 4.69) is 15.3 Å². The molecule has 2 aromatic carbocycles. The van der Waals surface area contributed by atoms with Gasteiger partial charge in [0.05, 0.1) is 0 Å². The van der Waals surface area contributed by atoms with Crippen LogP contribution in [-0.4, -0.2) is 20.4 Å². The molecule has 1 amide bonds. The van der Waals surface area contributed by atoms with Gasteiger partial charge in [-0.25, -0.2) is 9.97 Å². The highest BCUT2D eigenvalue weighted by atomic mass is 16.3. The number of carbonyl (C=O) groups is 1. The zero-order valence-electron chi connectivity index (χ0n) is 14.7. The van der Waals surface area contributed by atoms with Crippen molar-refractivity contribution in [1.82, 2.24) is 19.9 Å². The standard InChI is InChI=1S/C21H18N4O2/c1-25-14-13-22-21(25)20(15-7-3-2-4-8-15)24-18(26)11-12-19-23-16-9-5-6-10-17(16)27-19/h2-14,20H,1H3,(H,24,26). The number of para-hydroxylation sites is 2. The average molecular weight is 358 g/mol. The number of imidazole rings is 1. The first kappa shape index (κ1) is 16.8. The van der Waals surface area contributed by atoms with Crippen LogP contribution in [0.4, 0.5) is 0 Å². The number of carbonyl (C=O) groups excluding carboxylic acids is 1. The Kier molecular flexibility index (Phi) is 4.53. The maximum Gasteiger partial charge on any atom is 0.245 e. The highest BCUT2D eigenvalue weighted by Crippen LogP contribution is 2.20. The molecule has 6 heteroatoms. The number of amides is 1. The molecule has 0 aliphatic rings. The van der Waals surface area contributed by atoms with E-state index in [1.807, 2.05) is 72.4 Å². The maximum absolute atomic E-state index is 12.5. The molecule has 1 atom stereocenters. The van der Waals surface area contributed by atoms with Gasteiger partial charge in [-0.2, -0.15) is 0 Å². The molecule has 0 saturated heterocycles. The van der Waals surface area contributed by atoms with Crippen LogP contribution in [0.3, 0.4) is 0 Å². The van der Waals surface area contributed by atoms with Gasteiger partial charge in [-0.05, 0) is 17.7 Å². The summed E-state index contributed by atoms with van der Waals surface area (Å²) in [6, 6.07) is 16.9. The molecule has 134 valence electrons. The number of aryl methyl sites for hydroxylation is 1. The van der Waals surface area contributed by atoms with Gasteiger partial charge < -0.3 is 14.3 Å². The number of fused-ring (bicyclic) bond motifs is 1. The largest absolute Gasteiger partial charge is 0.437 e. The van der Waals surface area contributed by atoms with Crippen molar-refractivity contribution in [1.29, 1.82) is 0 Å². The van der Waals surface area contributed by atoms with Crippen molar-refractivity contribution in [3.8, 4) is 0 Å². The summed E-state index contributed by atoms with van der Waals surface area (Å²) in [5, 5.41) is 3.00. The summed E-state index contributed by atoms with van der Waals surface area (Å²) in [5.74, 6) is 0.888. The Bertz CT molecular complexity index is 1060. The Morgan fingerprint density at radius 1 is 1.15 bits per heavy atom. The zero-order chi connectivity index (χ0) is 18.6. The van der Waals surface area contributed by atoms with Gasteiger partial charge in [0.15, 0.2) is 5.58 Å². The molecule has 0 saturated carbocycles. The lowest BCUT2D eigenvalue weighted by atomic mass is 10.1. The topological polar surface area (TPSA) is 73.0 Å². The van der Waals surface area contributed by atoms with Gasteiger partial charge in [-0.1, -0.05) is 42.5 Å². The molecule has 4 aromatic rings. The number of aromatic nitrogens is 3. The zero-order valence-corrected chi connectivity index (χ0v) is 14.7. The number of hydrogen-bond acceptors (Lipinski definition) is 4. The Hall–Kier alpha value is -3.67. The number of oxazole rings is 1. The van der Waals surface area contributed by atoms with Crippen LogP contribution >= 0.6 is 0 Å². The lowest BCUT2D eigenvalue weighted by Gasteiger charge is -2.18. The lowest BCUT2D eigenvalue weighted by molar-refractivity contribution is -0.117. The van der Waals surface area contributed by atoms with Crippen molar-refractivity contribution in [2.24, 2.45) is 7.05 Å². The molecular formula is C21H18N4O2. The maximum atomic E-state index is 12.5. The average Bonchev–Trinajstić information content (AvgIpc) is 3.31. The van der Waals surface area contributed by atoms with Crippen molar-refractivity contribution < 1.29 is 9.21 Å². The molecule has 0 radical (unpaired) electrons. The SMILES string of the molecule is Cn1ccnc1C(NC(=O)C=Cc1nc2ccccc2o1)c1ccccc1. The molecule has 2 heterocycles. The fourth-order valence-electron chi connectivity index (χ4n) is 2.90. The van der Waals surface area contributed by atoms with E-state index in [-0.39, 0.29) is 11.9 Å². The van der Waals surface area contributed by atoms with Crippen LogP contribution in [0.5, 0.6) is 0 Å². The second-order valence-electron chi connectivity index (χ2n) is 6.10. The van der Waals surface area contributed by atoms with Crippen LogP contribution < -0.4 is 5.32 Å². The van der Waals surface area contributed by atoms with Crippen LogP contribution in [0, 0.1) is 0 Å². The van der Waals surface area contributed by atoms with E-state index in [1.165, 1.54) is 6.08 Å². The van der Waals surface area contributed by atoms with Crippen LogP contribution in [0.2, 0.25) is 0 Å². The van der Waals surface area contributed by atoms with Crippen molar-refractivity contribution in [2.45, 2.75) is 6.04 Å². The first-order valence-electron chi connectivity index (χ1n) is 8.57. The number of benzene rings is 2. The van der Waals surface area contributed by atoms with Gasteiger partial charge in [-0.15, -0.1) is 0 Å². The molecule has 4 rings (SSSR count). The predicted molar refractivity (Wildman–Crippen MR) is 103 cm³/mol. The Morgan fingerprint density at radius 3 is 2.67 bits per heavy atom. The first-order chi connectivity index (χ1) is 13.2. The summed E-state index contributed by atoms with van der Waals surface area (Å²) in [6.07, 6.45) is 6.55. The third-order valence-corrected chi connectivity index (χ3v) is 4.22. The van der Waals surface area contributed by atoms with E-state index in [4.69, 9.17) is 4.42 Å². The van der Waals surface area contributed by atoms with Crippen molar-refractivity contribution in [3.63, 3.8) is 0 Å². The van der Waals surface area contributed by atoms with Gasteiger partial charge in [0, 0.05) is 31.6 Å². The molecular weight excluding hydrogens is 340 g/mol. The van der Waals surface area contributed by atoms with Crippen LogP contribution in [0.1, 0.15) is 23.3 Å². The minimum Gasteiger partial charge on any atom is -0.437 e. The van der Waals surface area contributed by atoms with E-state index in [1.54, 1.807) is 12.3 Å². The summed E-state index contributed by atoms with van der Waals surface area (Å²) in [7, 11) is 1.90. The smallest absolute Gasteiger partial charge is 0.245 e. The molecule has 6 nitrogen and oxygen atoms in total. The van der Waals surface area contributed by atoms with Crippen molar-refractivity contribution in [3.05, 3.63) is 90.3 Å². The fourth-order valence-corrected chi connectivity index (χ4v) is 2.90. The highest BCUT2D eigenvalue weighted by molar-refractivity contribution is 5.92. The van der Waals surface area contributed by atoms with E-state index in [9.17, 15) is 4.79 Å². The quantitative estimate of drug-likeness (QED) is 0.554. The normalized spacial score (nSPS) is 12.5. The molecule has 0 aliphatic heterocycles. The number of nitrogens with one attached hydrogen (secondary N) is 1. The van der Waals surface area contributed by atoms with Crippen molar-refractivity contribution in [2.75, 3.05) is 0 Å². The predicted octanol–water partition coefficient (Wildman–Crippen LogP) is 3.48. The molecule has 0 bridgehead atoms. The summed E-state index contributed by atoms with van der Waals surface area (Å²) in [4.78, 5) is 21.2. The fraction of sp³-hybridized carbons (Fsp3) is 0.0952. The lowest BCUT2D eigenvalue weighted by Crippen LogP contribution is -2.29. The van der Waals surface area contributed by atoms with Gasteiger partial charge in [0.1, 0.15) is 17.4 Å². The van der Waals surface area contributed by atoms with E-state index < -0.39 is 0 Å². The van der Waals surface area contributed by atoms with Crippen LogP contribution in [0.25, 0.3) is 17.2 Å². The number of rotatable bonds is 5. The first-order valence-corrected chi connectivity index (χ1v) is 8.57. The molecule has 1 unspecified atom stereocenters. The number of hydrogen-bond donors (Lipinski definition) is 1. The molecule has 1 N–H and O–H groups in total. The molecule has 0 aliphatic carbocycles. The summed E-state index contributed by atoms with van der Waals surface area (Å²) < 4.78 is 7.50. The monoisotopic (exact) mass is 358 g/mol. The van der Waals surface area contributed by atoms with E-state index in [0.29, 0.717) is 11.5 Å². The van der Waals surface area contributed by atoms with E-state index >= 15 is 0 Å². The molecule has 27 heavy (non-hydrogen) atoms. The second kappa shape index (κ2) is 7.29. The Morgan fingerprint density at radius 2 is 1.93 bits per heavy atom. The van der Waals surface area contributed by atoms with Gasteiger partial charge in [0.2, 0.25) is 11.8 Å². The molecule has 0 spiro atoms. The highest BCUT2D eigenvalue weighted by Gasteiger charge is 2.19. The van der Waals surface area contributed by atoms with Crippen molar-refractivity contribution >= 4 is 23.1 Å². The van der Waals surface area contributed by atoms with Gasteiger partial charge >= 0.3 is 0 Å². The summed E-state index contributed by atoms with van der Waals surface area (Å²) in [5.41, 5.74) is 2.40. The molecule has 2 aromatic heterocycles.